The fraction of sp³-hybridized carbons (Fsp3) is 0.471. The van der Waals surface area contributed by atoms with Crippen molar-refractivity contribution in [3.63, 3.8) is 0 Å². The highest BCUT2D eigenvalue weighted by molar-refractivity contribution is 5.75. The lowest BCUT2D eigenvalue weighted by Gasteiger charge is -2.32. The largest absolute Gasteiger partial charge is 0.416 e. The number of rotatable bonds is 5. The summed E-state index contributed by atoms with van der Waals surface area (Å²) in [5.74, 6) is -0.119. The van der Waals surface area contributed by atoms with Crippen LogP contribution in [0.3, 0.4) is 0 Å². The monoisotopic (exact) mass is 367 g/mol. The third-order valence-corrected chi connectivity index (χ3v) is 4.39. The summed E-state index contributed by atoms with van der Waals surface area (Å²) in [4.78, 5) is 17.9. The second-order valence-corrected chi connectivity index (χ2v) is 6.41. The van der Waals surface area contributed by atoms with Crippen LogP contribution >= 0.6 is 0 Å². The van der Waals surface area contributed by atoms with Gasteiger partial charge in [0, 0.05) is 25.7 Å². The Morgan fingerprint density at radius 2 is 2.04 bits per heavy atom. The summed E-state index contributed by atoms with van der Waals surface area (Å²) in [5.41, 5.74) is 0.0266. The molecule has 0 saturated carbocycles. The molecule has 1 amide bonds. The maximum absolute atomic E-state index is 12.8. The number of carbonyl (C=O) groups excluding carboxylic acids is 1. The Balaban J connectivity index is 1.46. The zero-order valence-electron chi connectivity index (χ0n) is 14.1. The second kappa shape index (κ2) is 7.86. The van der Waals surface area contributed by atoms with Crippen molar-refractivity contribution in [1.82, 2.24) is 25.0 Å². The van der Waals surface area contributed by atoms with Crippen molar-refractivity contribution < 1.29 is 18.0 Å². The van der Waals surface area contributed by atoms with Gasteiger partial charge >= 0.3 is 6.18 Å². The quantitative estimate of drug-likeness (QED) is 0.879. The number of nitrogens with one attached hydrogen (secondary N) is 1. The summed E-state index contributed by atoms with van der Waals surface area (Å²) in [6, 6.07) is 5.51. The first-order valence-electron chi connectivity index (χ1n) is 8.40. The molecule has 0 unspecified atom stereocenters. The van der Waals surface area contributed by atoms with Crippen LogP contribution in [0.25, 0.3) is 0 Å². The summed E-state index contributed by atoms with van der Waals surface area (Å²) in [5, 5.41) is 6.86. The van der Waals surface area contributed by atoms with E-state index in [2.05, 4.69) is 20.3 Å². The van der Waals surface area contributed by atoms with Gasteiger partial charge in [-0.05, 0) is 24.5 Å². The van der Waals surface area contributed by atoms with Gasteiger partial charge in [-0.1, -0.05) is 18.2 Å². The minimum Gasteiger partial charge on any atom is -0.352 e. The van der Waals surface area contributed by atoms with E-state index in [1.54, 1.807) is 6.07 Å². The predicted molar refractivity (Wildman–Crippen MR) is 87.9 cm³/mol. The molecule has 0 atom stereocenters. The van der Waals surface area contributed by atoms with Crippen molar-refractivity contribution in [3.05, 3.63) is 48.0 Å². The van der Waals surface area contributed by atoms with E-state index >= 15 is 0 Å². The van der Waals surface area contributed by atoms with E-state index in [9.17, 15) is 18.0 Å². The number of halogens is 3. The molecule has 0 spiro atoms. The fourth-order valence-corrected chi connectivity index (χ4v) is 3.07. The minimum absolute atomic E-state index is 0.0729. The Labute approximate surface area is 149 Å². The van der Waals surface area contributed by atoms with Crippen molar-refractivity contribution in [1.29, 1.82) is 0 Å². The van der Waals surface area contributed by atoms with Crippen LogP contribution in [0.2, 0.25) is 0 Å². The molecule has 0 radical (unpaired) electrons. The highest BCUT2D eigenvalue weighted by Gasteiger charge is 2.30. The van der Waals surface area contributed by atoms with Crippen molar-refractivity contribution >= 4 is 5.91 Å². The number of nitrogens with zero attached hydrogens (tertiary/aromatic N) is 4. The molecule has 1 N–H and O–H groups in total. The highest BCUT2D eigenvalue weighted by Crippen LogP contribution is 2.29. The third kappa shape index (κ3) is 5.04. The predicted octanol–water partition coefficient (Wildman–Crippen LogP) is 2.08. The summed E-state index contributed by atoms with van der Waals surface area (Å²) < 4.78 is 39.8. The highest BCUT2D eigenvalue weighted by atomic mass is 19.4. The number of piperidine rings is 1. The zero-order valence-corrected chi connectivity index (χ0v) is 14.1. The molecule has 2 aromatic rings. The van der Waals surface area contributed by atoms with Crippen LogP contribution in [0.4, 0.5) is 13.2 Å². The van der Waals surface area contributed by atoms with Gasteiger partial charge in [-0.3, -0.25) is 9.69 Å². The first-order chi connectivity index (χ1) is 12.4. The van der Waals surface area contributed by atoms with E-state index in [0.717, 1.165) is 32.0 Å². The SMILES string of the molecule is O=C(Cn1cncn1)NC1CCN(Cc2cccc(C(F)(F)F)c2)CC1. The Kier molecular flexibility index (Phi) is 5.55. The summed E-state index contributed by atoms with van der Waals surface area (Å²) >= 11 is 0. The van der Waals surface area contributed by atoms with Gasteiger partial charge < -0.3 is 5.32 Å². The number of benzene rings is 1. The number of alkyl halides is 3. The summed E-state index contributed by atoms with van der Waals surface area (Å²) in [7, 11) is 0. The molecule has 9 heteroatoms. The molecular weight excluding hydrogens is 347 g/mol. The van der Waals surface area contributed by atoms with E-state index in [1.807, 2.05) is 0 Å². The molecule has 1 aliphatic rings. The van der Waals surface area contributed by atoms with E-state index in [0.29, 0.717) is 12.1 Å². The number of amides is 1. The lowest BCUT2D eigenvalue weighted by atomic mass is 10.0. The van der Waals surface area contributed by atoms with Crippen LogP contribution in [0.15, 0.2) is 36.9 Å². The number of carbonyl (C=O) groups is 1. The molecule has 0 bridgehead atoms. The van der Waals surface area contributed by atoms with Crippen LogP contribution in [0.5, 0.6) is 0 Å². The maximum atomic E-state index is 12.8. The van der Waals surface area contributed by atoms with Crippen molar-refractivity contribution in [3.8, 4) is 0 Å². The molecule has 2 heterocycles. The van der Waals surface area contributed by atoms with E-state index in [-0.39, 0.29) is 18.5 Å². The van der Waals surface area contributed by atoms with Crippen LogP contribution in [-0.4, -0.2) is 44.7 Å². The van der Waals surface area contributed by atoms with Crippen LogP contribution in [0.1, 0.15) is 24.0 Å². The van der Waals surface area contributed by atoms with Gasteiger partial charge in [-0.25, -0.2) is 9.67 Å². The second-order valence-electron chi connectivity index (χ2n) is 6.41. The van der Waals surface area contributed by atoms with Gasteiger partial charge in [0.15, 0.2) is 0 Å². The smallest absolute Gasteiger partial charge is 0.352 e. The van der Waals surface area contributed by atoms with E-state index in [4.69, 9.17) is 0 Å². The van der Waals surface area contributed by atoms with Crippen LogP contribution < -0.4 is 5.32 Å². The van der Waals surface area contributed by atoms with Gasteiger partial charge in [-0.2, -0.15) is 18.3 Å². The molecule has 6 nitrogen and oxygen atoms in total. The zero-order chi connectivity index (χ0) is 18.6. The number of likely N-dealkylation sites (tertiary alicyclic amines) is 1. The average molecular weight is 367 g/mol. The topological polar surface area (TPSA) is 63.1 Å². The molecule has 1 aromatic carbocycles. The first-order valence-corrected chi connectivity index (χ1v) is 8.40. The number of hydrogen-bond donors (Lipinski definition) is 1. The first kappa shape index (κ1) is 18.4. The molecule has 140 valence electrons. The van der Waals surface area contributed by atoms with Gasteiger partial charge in [-0.15, -0.1) is 0 Å². The van der Waals surface area contributed by atoms with Crippen molar-refractivity contribution in [2.45, 2.75) is 38.1 Å². The molecule has 26 heavy (non-hydrogen) atoms. The molecule has 1 aliphatic heterocycles. The molecule has 1 aromatic heterocycles. The van der Waals surface area contributed by atoms with Crippen LogP contribution in [-0.2, 0) is 24.1 Å². The minimum atomic E-state index is -4.32. The Morgan fingerprint density at radius 3 is 2.69 bits per heavy atom. The summed E-state index contributed by atoms with van der Waals surface area (Å²) in [6.07, 6.45) is 0.0678. The normalized spacial score (nSPS) is 16.6. The maximum Gasteiger partial charge on any atom is 0.416 e. The molecule has 0 aliphatic carbocycles. The van der Waals surface area contributed by atoms with Gasteiger partial charge in [0.25, 0.3) is 0 Å². The van der Waals surface area contributed by atoms with Gasteiger partial charge in [0.2, 0.25) is 5.91 Å². The van der Waals surface area contributed by atoms with Crippen molar-refractivity contribution in [2.24, 2.45) is 0 Å². The van der Waals surface area contributed by atoms with Crippen LogP contribution in [0, 0.1) is 0 Å². The van der Waals surface area contributed by atoms with E-state index in [1.165, 1.54) is 29.5 Å². The third-order valence-electron chi connectivity index (χ3n) is 4.39. The van der Waals surface area contributed by atoms with E-state index < -0.39 is 11.7 Å². The average Bonchev–Trinajstić information content (AvgIpc) is 3.09. The summed E-state index contributed by atoms with van der Waals surface area (Å²) in [6.45, 7) is 2.06. The molecule has 1 saturated heterocycles. The Bertz CT molecular complexity index is 724. The van der Waals surface area contributed by atoms with Gasteiger partial charge in [0.05, 0.1) is 5.56 Å². The number of aromatic nitrogens is 3. The standard InChI is InChI=1S/C17H20F3N5O/c18-17(19,20)14-3-1-2-13(8-14)9-24-6-4-15(5-7-24)23-16(26)10-25-12-21-11-22-25/h1-3,8,11-12,15H,4-7,9-10H2,(H,23,26). The van der Waals surface area contributed by atoms with Crippen molar-refractivity contribution in [2.75, 3.05) is 13.1 Å². The van der Waals surface area contributed by atoms with Gasteiger partial charge in [0.1, 0.15) is 19.2 Å². The molecule has 1 fully saturated rings. The lowest BCUT2D eigenvalue weighted by molar-refractivity contribution is -0.137. The number of hydrogen-bond acceptors (Lipinski definition) is 4. The molecular formula is C17H20F3N5O. The fourth-order valence-electron chi connectivity index (χ4n) is 3.07. The Hall–Kier alpha value is -2.42. The molecule has 3 rings (SSSR count). The Morgan fingerprint density at radius 1 is 1.27 bits per heavy atom. The lowest BCUT2D eigenvalue weighted by Crippen LogP contribution is -2.45.